The van der Waals surface area contributed by atoms with Crippen molar-refractivity contribution in [1.29, 1.82) is 0 Å². The first kappa shape index (κ1) is 23.3. The quantitative estimate of drug-likeness (QED) is 0.385. The van der Waals surface area contributed by atoms with Crippen LogP contribution in [-0.4, -0.2) is 67.5 Å². The highest BCUT2D eigenvalue weighted by molar-refractivity contribution is 6.31. The van der Waals surface area contributed by atoms with Gasteiger partial charge in [-0.3, -0.25) is 9.89 Å². The van der Waals surface area contributed by atoms with E-state index < -0.39 is 6.10 Å². The Labute approximate surface area is 183 Å². The Morgan fingerprint density at radius 2 is 2.23 bits per heavy atom. The van der Waals surface area contributed by atoms with Crippen molar-refractivity contribution in [2.24, 2.45) is 10.9 Å². The molecule has 1 saturated heterocycles. The largest absolute Gasteiger partial charge is 0.389 e. The van der Waals surface area contributed by atoms with Crippen molar-refractivity contribution in [3.8, 4) is 0 Å². The summed E-state index contributed by atoms with van der Waals surface area (Å²) in [6.45, 7) is 6.69. The highest BCUT2D eigenvalue weighted by Gasteiger charge is 2.23. The van der Waals surface area contributed by atoms with Crippen molar-refractivity contribution < 1.29 is 14.2 Å². The minimum atomic E-state index is -0.595. The molecule has 8 heteroatoms. The maximum Gasteiger partial charge on any atom is 0.191 e. The molecule has 0 bridgehead atoms. The molecule has 3 N–H and O–H groups in total. The molecule has 1 aromatic carbocycles. The number of hydrogen-bond acceptors (Lipinski definition) is 4. The van der Waals surface area contributed by atoms with E-state index in [9.17, 15) is 9.50 Å². The molecule has 1 saturated carbocycles. The molecule has 6 nitrogen and oxygen atoms in total. The van der Waals surface area contributed by atoms with Crippen molar-refractivity contribution in [3.05, 3.63) is 34.6 Å². The fourth-order valence-corrected chi connectivity index (χ4v) is 3.85. The third-order valence-electron chi connectivity index (χ3n) is 5.42. The molecule has 1 heterocycles. The molecule has 1 aliphatic heterocycles. The molecule has 1 aliphatic carbocycles. The number of nitrogens with one attached hydrogen (secondary N) is 2. The average Bonchev–Trinajstić information content (AvgIpc) is 3.53. The van der Waals surface area contributed by atoms with E-state index in [4.69, 9.17) is 16.3 Å². The van der Waals surface area contributed by atoms with E-state index in [1.54, 1.807) is 6.07 Å². The lowest BCUT2D eigenvalue weighted by molar-refractivity contribution is 0.0368. The normalized spacial score (nSPS) is 21.5. The Balaban J connectivity index is 1.47. The van der Waals surface area contributed by atoms with E-state index in [1.165, 1.54) is 25.0 Å². The maximum atomic E-state index is 13.3. The molecule has 2 atom stereocenters. The summed E-state index contributed by atoms with van der Waals surface area (Å²) >= 11 is 6.19. The molecule has 2 aliphatic rings. The molecule has 0 spiro atoms. The van der Waals surface area contributed by atoms with Gasteiger partial charge in [0.25, 0.3) is 0 Å². The lowest BCUT2D eigenvalue weighted by Gasteiger charge is -2.34. The van der Waals surface area contributed by atoms with Crippen LogP contribution in [0, 0.1) is 11.7 Å². The van der Waals surface area contributed by atoms with Crippen LogP contribution >= 0.6 is 11.6 Å². The van der Waals surface area contributed by atoms with Gasteiger partial charge in [0.05, 0.1) is 19.3 Å². The third kappa shape index (κ3) is 8.02. The van der Waals surface area contributed by atoms with Crippen LogP contribution in [0.5, 0.6) is 0 Å². The van der Waals surface area contributed by atoms with Gasteiger partial charge in [0.2, 0.25) is 0 Å². The minimum absolute atomic E-state index is 0.249. The predicted molar refractivity (Wildman–Crippen MR) is 118 cm³/mol. The highest BCUT2D eigenvalue weighted by Crippen LogP contribution is 2.28. The minimum Gasteiger partial charge on any atom is -0.389 e. The SMILES string of the molecule is CCNC(=NCC(O)COCC1CC1)NC1CCCN(Cc2ccc(F)cc2Cl)C1. The molecule has 30 heavy (non-hydrogen) atoms. The molecule has 0 amide bonds. The number of ether oxygens (including phenoxy) is 1. The summed E-state index contributed by atoms with van der Waals surface area (Å²) in [5, 5.41) is 17.3. The number of piperidine rings is 1. The first-order chi connectivity index (χ1) is 14.5. The second-order valence-corrected chi connectivity index (χ2v) is 8.72. The van der Waals surface area contributed by atoms with Crippen LogP contribution in [0.1, 0.15) is 38.2 Å². The van der Waals surface area contributed by atoms with Crippen LogP contribution in [-0.2, 0) is 11.3 Å². The number of hydrogen-bond donors (Lipinski definition) is 3. The lowest BCUT2D eigenvalue weighted by atomic mass is 10.0. The van der Waals surface area contributed by atoms with E-state index in [0.717, 1.165) is 44.6 Å². The number of aliphatic hydroxyl groups excluding tert-OH is 1. The zero-order valence-corrected chi connectivity index (χ0v) is 18.5. The van der Waals surface area contributed by atoms with Crippen molar-refractivity contribution in [3.63, 3.8) is 0 Å². The summed E-state index contributed by atoms with van der Waals surface area (Å²) in [6, 6.07) is 4.83. The van der Waals surface area contributed by atoms with Gasteiger partial charge in [-0.1, -0.05) is 17.7 Å². The summed E-state index contributed by atoms with van der Waals surface area (Å²) in [5.41, 5.74) is 0.939. The zero-order valence-electron chi connectivity index (χ0n) is 17.7. The first-order valence-electron chi connectivity index (χ1n) is 11.0. The highest BCUT2D eigenvalue weighted by atomic mass is 35.5. The standard InChI is InChI=1S/C22H34ClFN4O2/c1-2-25-22(26-11-20(29)15-30-14-16-5-6-16)27-19-4-3-9-28(13-19)12-17-7-8-18(24)10-21(17)23/h7-8,10,16,19-20,29H,2-6,9,11-15H2,1H3,(H2,25,26,27). The van der Waals surface area contributed by atoms with Crippen LogP contribution < -0.4 is 10.6 Å². The van der Waals surface area contributed by atoms with E-state index in [0.29, 0.717) is 36.6 Å². The number of likely N-dealkylation sites (tertiary alicyclic amines) is 1. The molecule has 168 valence electrons. The van der Waals surface area contributed by atoms with E-state index in [2.05, 4.69) is 20.5 Å². The number of halogens is 2. The lowest BCUT2D eigenvalue weighted by Crippen LogP contribution is -2.51. The smallest absolute Gasteiger partial charge is 0.191 e. The Kier molecular flexibility index (Phi) is 9.18. The van der Waals surface area contributed by atoms with Crippen LogP contribution in [0.15, 0.2) is 23.2 Å². The number of aliphatic imine (C=N–C) groups is 1. The fraction of sp³-hybridized carbons (Fsp3) is 0.682. The Bertz CT molecular complexity index is 702. The monoisotopic (exact) mass is 440 g/mol. The molecular weight excluding hydrogens is 407 g/mol. The molecule has 1 aromatic rings. The Morgan fingerprint density at radius 1 is 1.40 bits per heavy atom. The summed E-state index contributed by atoms with van der Waals surface area (Å²) in [7, 11) is 0. The number of nitrogens with zero attached hydrogens (tertiary/aromatic N) is 2. The topological polar surface area (TPSA) is 69.1 Å². The summed E-state index contributed by atoms with van der Waals surface area (Å²) in [6.07, 6.45) is 4.00. The van der Waals surface area contributed by atoms with Gasteiger partial charge in [0.1, 0.15) is 5.82 Å². The van der Waals surface area contributed by atoms with Crippen molar-refractivity contribution in [1.82, 2.24) is 15.5 Å². The van der Waals surface area contributed by atoms with E-state index in [1.807, 2.05) is 6.92 Å². The third-order valence-corrected chi connectivity index (χ3v) is 5.77. The van der Waals surface area contributed by atoms with E-state index in [-0.39, 0.29) is 11.9 Å². The first-order valence-corrected chi connectivity index (χ1v) is 11.4. The zero-order chi connectivity index (χ0) is 21.3. The van der Waals surface area contributed by atoms with Crippen LogP contribution in [0.25, 0.3) is 0 Å². The molecule has 0 aromatic heterocycles. The van der Waals surface area contributed by atoms with Crippen LogP contribution in [0.4, 0.5) is 4.39 Å². The second kappa shape index (κ2) is 11.8. The number of aliphatic hydroxyl groups is 1. The number of benzene rings is 1. The molecular formula is C22H34ClFN4O2. The van der Waals surface area contributed by atoms with Gasteiger partial charge in [-0.05, 0) is 62.8 Å². The Morgan fingerprint density at radius 3 is 2.97 bits per heavy atom. The van der Waals surface area contributed by atoms with Crippen molar-refractivity contribution in [2.45, 2.75) is 51.3 Å². The van der Waals surface area contributed by atoms with Gasteiger partial charge in [-0.2, -0.15) is 0 Å². The predicted octanol–water partition coefficient (Wildman–Crippen LogP) is 2.79. The van der Waals surface area contributed by atoms with Gasteiger partial charge in [0, 0.05) is 37.3 Å². The number of rotatable bonds is 10. The van der Waals surface area contributed by atoms with Crippen molar-refractivity contribution >= 4 is 17.6 Å². The molecule has 3 rings (SSSR count). The number of guanidine groups is 1. The van der Waals surface area contributed by atoms with Gasteiger partial charge in [-0.25, -0.2) is 4.39 Å². The van der Waals surface area contributed by atoms with Gasteiger partial charge in [0.15, 0.2) is 5.96 Å². The molecule has 2 unspecified atom stereocenters. The molecule has 2 fully saturated rings. The summed E-state index contributed by atoms with van der Waals surface area (Å²) < 4.78 is 18.8. The fourth-order valence-electron chi connectivity index (χ4n) is 3.63. The maximum absolute atomic E-state index is 13.3. The Hall–Kier alpha value is -1.41. The van der Waals surface area contributed by atoms with Gasteiger partial charge >= 0.3 is 0 Å². The van der Waals surface area contributed by atoms with Crippen molar-refractivity contribution in [2.75, 3.05) is 39.4 Å². The molecule has 0 radical (unpaired) electrons. The van der Waals surface area contributed by atoms with Crippen LogP contribution in [0.2, 0.25) is 5.02 Å². The summed E-state index contributed by atoms with van der Waals surface area (Å²) in [5.74, 6) is 1.10. The second-order valence-electron chi connectivity index (χ2n) is 8.31. The van der Waals surface area contributed by atoms with Crippen LogP contribution in [0.3, 0.4) is 0 Å². The summed E-state index contributed by atoms with van der Waals surface area (Å²) in [4.78, 5) is 6.86. The van der Waals surface area contributed by atoms with Gasteiger partial charge in [-0.15, -0.1) is 0 Å². The van der Waals surface area contributed by atoms with Gasteiger partial charge < -0.3 is 20.5 Å². The average molecular weight is 441 g/mol. The van der Waals surface area contributed by atoms with E-state index >= 15 is 0 Å².